The van der Waals surface area contributed by atoms with Gasteiger partial charge in [0.15, 0.2) is 0 Å². The molecule has 0 aliphatic carbocycles. The fraction of sp³-hybridized carbons (Fsp3) is 0. The Morgan fingerprint density at radius 2 is 1.00 bits per heavy atom. The number of rotatable bonds is 0. The second kappa shape index (κ2) is 17.0. The van der Waals surface area contributed by atoms with Gasteiger partial charge in [-0.05, 0) is 0 Å². The van der Waals surface area contributed by atoms with E-state index in [-0.39, 0.29) is 97.1 Å². The molecule has 4 heavy (non-hydrogen) atoms. The van der Waals surface area contributed by atoms with Crippen LogP contribution in [0.25, 0.3) is 0 Å². The van der Waals surface area contributed by atoms with E-state index < -0.39 is 0 Å². The average molecular weight is 178 g/mol. The molecule has 0 radical (unpaired) electrons. The molecule has 0 aromatic carbocycles. The van der Waals surface area contributed by atoms with E-state index in [0.29, 0.717) is 0 Å². The molecule has 4 heteroatoms. The topological polar surface area (TPSA) is 0 Å². The van der Waals surface area contributed by atoms with E-state index in [1.807, 2.05) is 0 Å². The van der Waals surface area contributed by atoms with Crippen molar-refractivity contribution >= 4 is 24.8 Å². The van der Waals surface area contributed by atoms with Gasteiger partial charge in [-0.2, -0.15) is 0 Å². The summed E-state index contributed by atoms with van der Waals surface area (Å²) in [5, 5.41) is 0. The molecule has 0 amide bonds. The minimum atomic E-state index is 0. The molecule has 0 bridgehead atoms. The Labute approximate surface area is 95.0 Å². The van der Waals surface area contributed by atoms with E-state index in [4.69, 9.17) is 0 Å². The normalized spacial score (nSPS) is 0. The van der Waals surface area contributed by atoms with E-state index in [9.17, 15) is 0 Å². The Morgan fingerprint density at radius 3 is 1.00 bits per heavy atom. The largest absolute Gasteiger partial charge is 1.00 e. The third-order valence-corrected chi connectivity index (χ3v) is 0. The van der Waals surface area contributed by atoms with Gasteiger partial charge in [0.2, 0.25) is 0 Å². The molecule has 0 aromatic heterocycles. The maximum atomic E-state index is 0. The molecule has 20 valence electrons. The maximum absolute atomic E-state index is 0. The van der Waals surface area contributed by atoms with Gasteiger partial charge in [-0.15, -0.1) is 24.8 Å². The standard InChI is InChI=1S/2ClH.K.Zn.H/h2*1H;;;/q;;+1;;-1. The summed E-state index contributed by atoms with van der Waals surface area (Å²) in [6.07, 6.45) is 0. The van der Waals surface area contributed by atoms with Gasteiger partial charge < -0.3 is 1.43 Å². The van der Waals surface area contributed by atoms with Crippen LogP contribution in [0.2, 0.25) is 0 Å². The molecule has 0 saturated carbocycles. The van der Waals surface area contributed by atoms with Gasteiger partial charge in [0.1, 0.15) is 0 Å². The molecule has 0 aliphatic heterocycles. The molecule has 0 saturated heterocycles. The third-order valence-electron chi connectivity index (χ3n) is 0. The predicted molar refractivity (Wildman–Crippen MR) is 15.6 cm³/mol. The zero-order valence-electron chi connectivity index (χ0n) is 3.52. The molecule has 0 nitrogen and oxygen atoms in total. The molecule has 0 rings (SSSR count). The van der Waals surface area contributed by atoms with E-state index in [0.717, 1.165) is 0 Å². The molecule has 0 spiro atoms. The summed E-state index contributed by atoms with van der Waals surface area (Å²) >= 11 is 0. The second-order valence-electron chi connectivity index (χ2n) is 0. The van der Waals surface area contributed by atoms with Gasteiger partial charge in [-0.1, -0.05) is 0 Å². The summed E-state index contributed by atoms with van der Waals surface area (Å²) < 4.78 is 0. The molecule has 0 N–H and O–H groups in total. The van der Waals surface area contributed by atoms with Crippen LogP contribution in [0.15, 0.2) is 0 Å². The quantitative estimate of drug-likeness (QED) is 0.375. The van der Waals surface area contributed by atoms with Crippen molar-refractivity contribution < 1.29 is 72.3 Å². The summed E-state index contributed by atoms with van der Waals surface area (Å²) in [7, 11) is 0. The summed E-state index contributed by atoms with van der Waals surface area (Å²) in [5.41, 5.74) is 0. The van der Waals surface area contributed by atoms with E-state index in [1.54, 1.807) is 0 Å². The Balaban J connectivity index is 0. The van der Waals surface area contributed by atoms with Gasteiger partial charge in [-0.3, -0.25) is 0 Å². The van der Waals surface area contributed by atoms with Crippen molar-refractivity contribution in [1.82, 2.24) is 0 Å². The zero-order valence-corrected chi connectivity index (χ0v) is 10.2. The molecule has 0 atom stereocenters. The van der Waals surface area contributed by atoms with Crippen molar-refractivity contribution in [2.45, 2.75) is 0 Å². The van der Waals surface area contributed by atoms with Crippen LogP contribution in [-0.2, 0) is 19.5 Å². The van der Waals surface area contributed by atoms with E-state index in [1.165, 1.54) is 0 Å². The van der Waals surface area contributed by atoms with Crippen molar-refractivity contribution in [2.75, 3.05) is 0 Å². The first kappa shape index (κ1) is 28.9. The number of hydrogen-bond acceptors (Lipinski definition) is 0. The van der Waals surface area contributed by atoms with Gasteiger partial charge in [-0.25, -0.2) is 0 Å². The smallest absolute Gasteiger partial charge is 1.00 e. The Morgan fingerprint density at radius 1 is 1.00 bits per heavy atom. The summed E-state index contributed by atoms with van der Waals surface area (Å²) in [4.78, 5) is 0. The first-order valence-corrected chi connectivity index (χ1v) is 0. The van der Waals surface area contributed by atoms with Crippen LogP contribution in [-0.4, -0.2) is 0 Å². The predicted octanol–water partition coefficient (Wildman–Crippen LogP) is -2.04. The first-order chi connectivity index (χ1) is 0. The van der Waals surface area contributed by atoms with Crippen LogP contribution in [0.1, 0.15) is 1.43 Å². The van der Waals surface area contributed by atoms with Crippen LogP contribution in [0.4, 0.5) is 0 Å². The van der Waals surface area contributed by atoms with Crippen molar-refractivity contribution in [2.24, 2.45) is 0 Å². The molecule has 0 aromatic rings. The minimum Gasteiger partial charge on any atom is -1.00 e. The molecule has 0 unspecified atom stereocenters. The van der Waals surface area contributed by atoms with Gasteiger partial charge in [0.05, 0.1) is 0 Å². The fourth-order valence-electron chi connectivity index (χ4n) is 0. The van der Waals surface area contributed by atoms with Crippen LogP contribution in [0.3, 0.4) is 0 Å². The number of halogens is 2. The first-order valence-electron chi connectivity index (χ1n) is 0. The van der Waals surface area contributed by atoms with Gasteiger partial charge >= 0.3 is 51.4 Å². The maximum Gasteiger partial charge on any atom is 1.00 e. The van der Waals surface area contributed by atoms with Crippen molar-refractivity contribution in [3.8, 4) is 0 Å². The molecule has 0 fully saturated rings. The fourth-order valence-corrected chi connectivity index (χ4v) is 0. The van der Waals surface area contributed by atoms with Crippen molar-refractivity contribution in [3.05, 3.63) is 0 Å². The summed E-state index contributed by atoms with van der Waals surface area (Å²) in [6, 6.07) is 0. The Hall–Kier alpha value is 2.84. The van der Waals surface area contributed by atoms with Crippen molar-refractivity contribution in [1.29, 1.82) is 0 Å². The third kappa shape index (κ3) is 8.85. The second-order valence-corrected chi connectivity index (χ2v) is 0. The SMILES string of the molecule is Cl.Cl.[H-].[K+].[Zn]. The van der Waals surface area contributed by atoms with Crippen LogP contribution in [0.5, 0.6) is 0 Å². The van der Waals surface area contributed by atoms with Gasteiger partial charge in [0.25, 0.3) is 0 Å². The Bertz CT molecular complexity index is 9.61. The molecule has 0 aliphatic rings. The minimum absolute atomic E-state index is 0. The molecule has 0 heterocycles. The van der Waals surface area contributed by atoms with Crippen molar-refractivity contribution in [3.63, 3.8) is 0 Å². The van der Waals surface area contributed by atoms with Crippen LogP contribution in [0, 0.1) is 0 Å². The van der Waals surface area contributed by atoms with Crippen LogP contribution >= 0.6 is 24.8 Å². The summed E-state index contributed by atoms with van der Waals surface area (Å²) in [6.45, 7) is 0. The molecular weight excluding hydrogens is 175 g/mol. The average Bonchev–Trinajstić information content (AvgIpc) is 0. The van der Waals surface area contributed by atoms with E-state index in [2.05, 4.69) is 0 Å². The monoisotopic (exact) mass is 176 g/mol. The van der Waals surface area contributed by atoms with Crippen LogP contribution < -0.4 is 51.4 Å². The van der Waals surface area contributed by atoms with Gasteiger partial charge in [0, 0.05) is 19.5 Å². The Kier molecular flexibility index (Phi) is 123. The van der Waals surface area contributed by atoms with E-state index >= 15 is 0 Å². The summed E-state index contributed by atoms with van der Waals surface area (Å²) in [5.74, 6) is 0. The molecular formula is H3Cl2KZn. The zero-order chi connectivity index (χ0) is 0. The number of hydrogen-bond donors (Lipinski definition) is 0.